The lowest BCUT2D eigenvalue weighted by atomic mass is 9.78. The predicted molar refractivity (Wildman–Crippen MR) is 105 cm³/mol. The summed E-state index contributed by atoms with van der Waals surface area (Å²) in [5.41, 5.74) is 6.97. The van der Waals surface area contributed by atoms with Crippen molar-refractivity contribution in [1.29, 1.82) is 0 Å². The lowest BCUT2D eigenvalue weighted by Gasteiger charge is -2.32. The monoisotopic (exact) mass is 403 g/mol. The molecule has 2 aromatic rings. The second-order valence-electron chi connectivity index (χ2n) is 6.26. The summed E-state index contributed by atoms with van der Waals surface area (Å²) in [5.74, 6) is 3.06. The van der Waals surface area contributed by atoms with Gasteiger partial charge in [-0.15, -0.1) is 35.0 Å². The largest absolute Gasteiger partial charge is 0.383 e. The summed E-state index contributed by atoms with van der Waals surface area (Å²) in [6.45, 7) is 4.08. The highest BCUT2D eigenvalue weighted by atomic mass is 35.5. The molecule has 0 aromatic carbocycles. The molecule has 0 atom stereocenters. The van der Waals surface area contributed by atoms with Gasteiger partial charge in [-0.05, 0) is 19.8 Å². The van der Waals surface area contributed by atoms with E-state index >= 15 is 0 Å². The Hall–Kier alpha value is -1.48. The molecule has 2 aromatic heterocycles. The normalized spacial score (nSPS) is 18.4. The third kappa shape index (κ3) is 5.77. The number of anilines is 1. The number of aromatic nitrogens is 5. The Bertz CT molecular complexity index is 676. The third-order valence-electron chi connectivity index (χ3n) is 4.34. The van der Waals surface area contributed by atoms with Crippen molar-refractivity contribution < 1.29 is 4.74 Å². The molecule has 0 radical (unpaired) electrons. The van der Waals surface area contributed by atoms with Crippen molar-refractivity contribution in [1.82, 2.24) is 24.7 Å². The van der Waals surface area contributed by atoms with E-state index in [0.717, 1.165) is 55.5 Å². The van der Waals surface area contributed by atoms with Gasteiger partial charge in [0.2, 0.25) is 0 Å². The standard InChI is InChI=1S/C16H25N7O.2ClH/c1-11-20-14(12-7-13(17)8-12)9-15(21-11)18-4-3-16-22-19-10-23(16)5-6-24-2;;/h9-10,12-13H,3-8,17H2,1-2H3,(H,18,20,21);2*1H. The van der Waals surface area contributed by atoms with Crippen LogP contribution in [0.3, 0.4) is 0 Å². The van der Waals surface area contributed by atoms with Gasteiger partial charge in [-0.25, -0.2) is 9.97 Å². The van der Waals surface area contributed by atoms with E-state index in [1.165, 1.54) is 0 Å². The molecule has 0 aliphatic heterocycles. The Kier molecular flexibility index (Phi) is 9.21. The average Bonchev–Trinajstić information content (AvgIpc) is 2.97. The molecule has 1 aliphatic rings. The van der Waals surface area contributed by atoms with Crippen molar-refractivity contribution in [3.8, 4) is 0 Å². The Labute approximate surface area is 166 Å². The van der Waals surface area contributed by atoms with Gasteiger partial charge in [0.25, 0.3) is 0 Å². The highest BCUT2D eigenvalue weighted by molar-refractivity contribution is 5.85. The van der Waals surface area contributed by atoms with E-state index in [-0.39, 0.29) is 24.8 Å². The maximum Gasteiger partial charge on any atom is 0.134 e. The van der Waals surface area contributed by atoms with E-state index in [1.807, 2.05) is 17.6 Å². The van der Waals surface area contributed by atoms with Crippen LogP contribution in [0.25, 0.3) is 0 Å². The van der Waals surface area contributed by atoms with Gasteiger partial charge in [0.1, 0.15) is 23.8 Å². The smallest absolute Gasteiger partial charge is 0.134 e. The Morgan fingerprint density at radius 1 is 1.31 bits per heavy atom. The number of halogens is 2. The molecule has 1 aliphatic carbocycles. The molecule has 3 rings (SSSR count). The molecule has 0 spiro atoms. The second-order valence-corrected chi connectivity index (χ2v) is 6.26. The van der Waals surface area contributed by atoms with Crippen molar-refractivity contribution in [3.05, 3.63) is 29.7 Å². The minimum absolute atomic E-state index is 0. The van der Waals surface area contributed by atoms with Crippen LogP contribution in [0.4, 0.5) is 5.82 Å². The van der Waals surface area contributed by atoms with Crippen LogP contribution in [-0.4, -0.2) is 51.0 Å². The average molecular weight is 404 g/mol. The first-order chi connectivity index (χ1) is 11.7. The van der Waals surface area contributed by atoms with Gasteiger partial charge in [-0.3, -0.25) is 0 Å². The maximum atomic E-state index is 5.88. The number of nitrogens with one attached hydrogen (secondary N) is 1. The molecular weight excluding hydrogens is 377 g/mol. The Morgan fingerprint density at radius 3 is 2.77 bits per heavy atom. The molecule has 8 nitrogen and oxygen atoms in total. The molecule has 1 saturated carbocycles. The van der Waals surface area contributed by atoms with Crippen LogP contribution < -0.4 is 11.1 Å². The molecule has 26 heavy (non-hydrogen) atoms. The van der Waals surface area contributed by atoms with Gasteiger partial charge in [0, 0.05) is 50.3 Å². The summed E-state index contributed by atoms with van der Waals surface area (Å²) < 4.78 is 7.11. The molecule has 2 heterocycles. The first-order valence-electron chi connectivity index (χ1n) is 8.36. The van der Waals surface area contributed by atoms with Crippen molar-refractivity contribution >= 4 is 30.6 Å². The van der Waals surface area contributed by atoms with Gasteiger partial charge in [0.05, 0.1) is 6.61 Å². The third-order valence-corrected chi connectivity index (χ3v) is 4.34. The quantitative estimate of drug-likeness (QED) is 0.691. The fourth-order valence-electron chi connectivity index (χ4n) is 2.95. The van der Waals surface area contributed by atoms with Crippen molar-refractivity contribution in [2.24, 2.45) is 5.73 Å². The number of hydrogen-bond donors (Lipinski definition) is 2. The van der Waals surface area contributed by atoms with Crippen LogP contribution in [0.5, 0.6) is 0 Å². The summed E-state index contributed by atoms with van der Waals surface area (Å²) in [7, 11) is 1.69. The van der Waals surface area contributed by atoms with Crippen molar-refractivity contribution in [3.63, 3.8) is 0 Å². The first-order valence-corrected chi connectivity index (χ1v) is 8.36. The predicted octanol–water partition coefficient (Wildman–Crippen LogP) is 1.73. The van der Waals surface area contributed by atoms with Crippen LogP contribution in [-0.2, 0) is 17.7 Å². The Balaban J connectivity index is 0.00000169. The van der Waals surface area contributed by atoms with Gasteiger partial charge in [-0.2, -0.15) is 0 Å². The minimum atomic E-state index is 0. The van der Waals surface area contributed by atoms with E-state index in [0.29, 0.717) is 18.6 Å². The number of methoxy groups -OCH3 is 1. The topological polar surface area (TPSA) is 104 Å². The van der Waals surface area contributed by atoms with Gasteiger partial charge >= 0.3 is 0 Å². The first kappa shape index (κ1) is 22.6. The Morgan fingerprint density at radius 2 is 2.08 bits per heavy atom. The molecule has 0 amide bonds. The van der Waals surface area contributed by atoms with E-state index in [2.05, 4.69) is 25.5 Å². The summed E-state index contributed by atoms with van der Waals surface area (Å²) in [6, 6.07) is 2.36. The zero-order valence-corrected chi connectivity index (χ0v) is 16.7. The van der Waals surface area contributed by atoms with E-state index in [1.54, 1.807) is 13.4 Å². The molecule has 146 valence electrons. The molecule has 0 saturated heterocycles. The van der Waals surface area contributed by atoms with Crippen LogP contribution in [0.15, 0.2) is 12.4 Å². The summed E-state index contributed by atoms with van der Waals surface area (Å²) in [6.07, 6.45) is 4.54. The zero-order valence-electron chi connectivity index (χ0n) is 15.1. The van der Waals surface area contributed by atoms with Gasteiger partial charge in [-0.1, -0.05) is 0 Å². The number of hydrogen-bond acceptors (Lipinski definition) is 7. The highest BCUT2D eigenvalue weighted by Gasteiger charge is 2.28. The van der Waals surface area contributed by atoms with E-state index < -0.39 is 0 Å². The molecule has 10 heteroatoms. The summed E-state index contributed by atoms with van der Waals surface area (Å²) in [5, 5.41) is 11.5. The summed E-state index contributed by atoms with van der Waals surface area (Å²) >= 11 is 0. The van der Waals surface area contributed by atoms with E-state index in [4.69, 9.17) is 10.5 Å². The number of nitrogens with two attached hydrogens (primary N) is 1. The maximum absolute atomic E-state index is 5.88. The molecule has 0 bridgehead atoms. The SMILES string of the molecule is COCCn1cnnc1CCNc1cc(C2CC(N)C2)nc(C)n1.Cl.Cl. The van der Waals surface area contributed by atoms with Crippen LogP contribution >= 0.6 is 24.8 Å². The van der Waals surface area contributed by atoms with Crippen molar-refractivity contribution in [2.75, 3.05) is 25.6 Å². The number of rotatable bonds is 8. The lowest BCUT2D eigenvalue weighted by molar-refractivity contribution is 0.186. The van der Waals surface area contributed by atoms with Crippen LogP contribution in [0.1, 0.15) is 36.1 Å². The molecular formula is C16H27Cl2N7O. The van der Waals surface area contributed by atoms with Crippen LogP contribution in [0, 0.1) is 6.92 Å². The molecule has 1 fully saturated rings. The summed E-state index contributed by atoms with van der Waals surface area (Å²) in [4.78, 5) is 9.02. The minimum Gasteiger partial charge on any atom is -0.383 e. The van der Waals surface area contributed by atoms with Gasteiger partial charge in [0.15, 0.2) is 0 Å². The van der Waals surface area contributed by atoms with E-state index in [9.17, 15) is 0 Å². The lowest BCUT2D eigenvalue weighted by Crippen LogP contribution is -2.35. The zero-order chi connectivity index (χ0) is 16.9. The fourth-order valence-corrected chi connectivity index (χ4v) is 2.95. The highest BCUT2D eigenvalue weighted by Crippen LogP contribution is 2.35. The molecule has 3 N–H and O–H groups in total. The molecule has 0 unspecified atom stereocenters. The second kappa shape index (κ2) is 10.6. The van der Waals surface area contributed by atoms with Gasteiger partial charge < -0.3 is 20.4 Å². The van der Waals surface area contributed by atoms with Crippen molar-refractivity contribution in [2.45, 2.75) is 44.7 Å². The number of nitrogens with zero attached hydrogens (tertiary/aromatic N) is 5. The number of ether oxygens (including phenoxy) is 1. The van der Waals surface area contributed by atoms with Crippen LogP contribution in [0.2, 0.25) is 0 Å². The number of aryl methyl sites for hydroxylation is 1. The fraction of sp³-hybridized carbons (Fsp3) is 0.625.